The molecule has 1 fully saturated rings. The average Bonchev–Trinajstić information content (AvgIpc) is 2.97. The Morgan fingerprint density at radius 3 is 2.38 bits per heavy atom. The van der Waals surface area contributed by atoms with Crippen LogP contribution in [0, 0.1) is 0 Å². The van der Waals surface area contributed by atoms with Crippen LogP contribution in [0.3, 0.4) is 0 Å². The van der Waals surface area contributed by atoms with Gasteiger partial charge in [-0.2, -0.15) is 0 Å². The molecule has 3 rings (SSSR count). The molecule has 218 valence electrons. The SMILES string of the molecule is CCCCN(C)CC(OC)OC.CN1CCC(c2ccccc2)(c2cc(CCOCCC=O)ccc2O)CC1. The molecule has 0 radical (unpaired) electrons. The molecule has 2 aromatic rings. The van der Waals surface area contributed by atoms with Gasteiger partial charge in [-0.1, -0.05) is 55.8 Å². The largest absolute Gasteiger partial charge is 0.508 e. The Hall–Kier alpha value is -2.29. The predicted molar refractivity (Wildman–Crippen MR) is 157 cm³/mol. The number of piperidine rings is 1. The molecular formula is C32H50N2O5. The third-order valence-corrected chi connectivity index (χ3v) is 7.54. The highest BCUT2D eigenvalue weighted by atomic mass is 16.7. The third-order valence-electron chi connectivity index (χ3n) is 7.54. The van der Waals surface area contributed by atoms with Crippen LogP contribution in [0.5, 0.6) is 5.75 Å². The number of phenolic OH excluding ortho intramolecular Hbond substituents is 1. The summed E-state index contributed by atoms with van der Waals surface area (Å²) < 4.78 is 15.7. The number of aldehydes is 1. The smallest absolute Gasteiger partial charge is 0.169 e. The number of likely N-dealkylation sites (N-methyl/N-ethyl adjacent to an activating group) is 1. The molecule has 1 saturated heterocycles. The zero-order chi connectivity index (χ0) is 28.5. The highest BCUT2D eigenvalue weighted by Gasteiger charge is 2.39. The Bertz CT molecular complexity index is 927. The van der Waals surface area contributed by atoms with Crippen LogP contribution >= 0.6 is 0 Å². The lowest BCUT2D eigenvalue weighted by molar-refractivity contribution is -0.113. The predicted octanol–water partition coefficient (Wildman–Crippen LogP) is 4.89. The molecule has 0 saturated carbocycles. The number of ether oxygens (including phenoxy) is 3. The molecule has 0 unspecified atom stereocenters. The van der Waals surface area contributed by atoms with Crippen LogP contribution in [0.2, 0.25) is 0 Å². The van der Waals surface area contributed by atoms with Crippen molar-refractivity contribution in [3.05, 3.63) is 65.2 Å². The fourth-order valence-electron chi connectivity index (χ4n) is 5.04. The van der Waals surface area contributed by atoms with Gasteiger partial charge in [-0.25, -0.2) is 0 Å². The maximum atomic E-state index is 10.7. The Balaban J connectivity index is 0.000000377. The summed E-state index contributed by atoms with van der Waals surface area (Å²) in [5, 5.41) is 10.7. The summed E-state index contributed by atoms with van der Waals surface area (Å²) in [5.41, 5.74) is 3.29. The van der Waals surface area contributed by atoms with Gasteiger partial charge >= 0.3 is 0 Å². The van der Waals surface area contributed by atoms with Gasteiger partial charge in [0, 0.05) is 38.2 Å². The monoisotopic (exact) mass is 542 g/mol. The quantitative estimate of drug-likeness (QED) is 0.195. The fourth-order valence-corrected chi connectivity index (χ4v) is 5.04. The molecule has 0 spiro atoms. The fraction of sp³-hybridized carbons (Fsp3) is 0.594. The van der Waals surface area contributed by atoms with E-state index >= 15 is 0 Å². The van der Waals surface area contributed by atoms with Crippen LogP contribution in [0.25, 0.3) is 0 Å². The lowest BCUT2D eigenvalue weighted by Crippen LogP contribution is -2.41. The Morgan fingerprint density at radius 1 is 1.08 bits per heavy atom. The number of unbranched alkanes of at least 4 members (excludes halogenated alkanes) is 1. The Morgan fingerprint density at radius 2 is 1.77 bits per heavy atom. The molecule has 1 aliphatic heterocycles. The third kappa shape index (κ3) is 10.7. The summed E-state index contributed by atoms with van der Waals surface area (Å²) in [6.45, 7) is 7.21. The van der Waals surface area contributed by atoms with Crippen molar-refractivity contribution in [3.63, 3.8) is 0 Å². The van der Waals surface area contributed by atoms with E-state index in [1.54, 1.807) is 14.2 Å². The molecule has 1 heterocycles. The van der Waals surface area contributed by atoms with Crippen molar-refractivity contribution in [2.75, 3.05) is 67.7 Å². The molecule has 0 aromatic heterocycles. The van der Waals surface area contributed by atoms with Gasteiger partial charge in [0.05, 0.1) is 13.2 Å². The van der Waals surface area contributed by atoms with E-state index in [0.29, 0.717) is 25.4 Å². The first kappa shape index (κ1) is 32.9. The first-order chi connectivity index (χ1) is 18.9. The molecule has 2 aromatic carbocycles. The number of aromatic hydroxyl groups is 1. The van der Waals surface area contributed by atoms with Crippen molar-refractivity contribution in [3.8, 4) is 5.75 Å². The van der Waals surface area contributed by atoms with E-state index in [2.05, 4.69) is 61.2 Å². The maximum Gasteiger partial charge on any atom is 0.169 e. The van der Waals surface area contributed by atoms with Crippen LogP contribution in [0.1, 0.15) is 55.7 Å². The van der Waals surface area contributed by atoms with E-state index in [9.17, 15) is 9.90 Å². The van der Waals surface area contributed by atoms with Crippen molar-refractivity contribution >= 4 is 6.29 Å². The van der Waals surface area contributed by atoms with Gasteiger partial charge in [0.2, 0.25) is 0 Å². The van der Waals surface area contributed by atoms with E-state index < -0.39 is 0 Å². The second-order valence-electron chi connectivity index (χ2n) is 10.4. The number of carbonyl (C=O) groups is 1. The summed E-state index contributed by atoms with van der Waals surface area (Å²) in [5.74, 6) is 0.369. The molecule has 1 N–H and O–H groups in total. The second-order valence-corrected chi connectivity index (χ2v) is 10.4. The first-order valence-corrected chi connectivity index (χ1v) is 14.2. The lowest BCUT2D eigenvalue weighted by Gasteiger charge is -2.42. The Labute approximate surface area is 236 Å². The number of phenols is 1. The molecule has 0 bridgehead atoms. The number of benzene rings is 2. The minimum absolute atomic E-state index is 0.0909. The van der Waals surface area contributed by atoms with Crippen LogP contribution < -0.4 is 0 Å². The number of hydrogen-bond acceptors (Lipinski definition) is 7. The van der Waals surface area contributed by atoms with Crippen LogP contribution in [0.15, 0.2) is 48.5 Å². The van der Waals surface area contributed by atoms with Gasteiger partial charge < -0.3 is 33.9 Å². The number of nitrogens with zero attached hydrogens (tertiary/aromatic N) is 2. The summed E-state index contributed by atoms with van der Waals surface area (Å²) in [6, 6.07) is 16.5. The van der Waals surface area contributed by atoms with E-state index in [-0.39, 0.29) is 11.7 Å². The van der Waals surface area contributed by atoms with Gasteiger partial charge in [0.25, 0.3) is 0 Å². The van der Waals surface area contributed by atoms with Crippen LogP contribution in [0.4, 0.5) is 0 Å². The van der Waals surface area contributed by atoms with Gasteiger partial charge in [-0.3, -0.25) is 0 Å². The molecule has 39 heavy (non-hydrogen) atoms. The van der Waals surface area contributed by atoms with E-state index in [0.717, 1.165) is 62.9 Å². The molecule has 0 atom stereocenters. The first-order valence-electron chi connectivity index (χ1n) is 14.2. The average molecular weight is 543 g/mol. The summed E-state index contributed by atoms with van der Waals surface area (Å²) in [6.07, 6.45) is 6.43. The van der Waals surface area contributed by atoms with Gasteiger partial charge in [0.1, 0.15) is 12.0 Å². The number of methoxy groups -OCH3 is 2. The van der Waals surface area contributed by atoms with Crippen molar-refractivity contribution in [1.29, 1.82) is 0 Å². The molecular weight excluding hydrogens is 492 g/mol. The van der Waals surface area contributed by atoms with Crippen molar-refractivity contribution < 1.29 is 24.1 Å². The molecule has 0 aliphatic carbocycles. The zero-order valence-corrected chi connectivity index (χ0v) is 24.7. The summed E-state index contributed by atoms with van der Waals surface area (Å²) in [7, 11) is 7.58. The van der Waals surface area contributed by atoms with Crippen LogP contribution in [-0.4, -0.2) is 95.2 Å². The van der Waals surface area contributed by atoms with Gasteiger partial charge in [-0.15, -0.1) is 0 Å². The molecule has 7 heteroatoms. The van der Waals surface area contributed by atoms with Gasteiger partial charge in [0.15, 0.2) is 6.29 Å². The highest BCUT2D eigenvalue weighted by Crippen LogP contribution is 2.45. The molecule has 7 nitrogen and oxygen atoms in total. The minimum Gasteiger partial charge on any atom is -0.508 e. The van der Waals surface area contributed by atoms with E-state index in [4.69, 9.17) is 14.2 Å². The van der Waals surface area contributed by atoms with E-state index in [1.165, 1.54) is 18.4 Å². The number of likely N-dealkylation sites (tertiary alicyclic amines) is 1. The second kappa shape index (κ2) is 18.1. The normalized spacial score (nSPS) is 15.3. The Kier molecular flexibility index (Phi) is 15.3. The molecule has 0 amide bonds. The molecule has 1 aliphatic rings. The maximum absolute atomic E-state index is 10.7. The van der Waals surface area contributed by atoms with Crippen LogP contribution in [-0.2, 0) is 30.8 Å². The topological polar surface area (TPSA) is 71.5 Å². The standard InChI is InChI=1S/C23H29NO3.C9H21NO2/c1-24-13-11-23(12-14-24,20-6-3-2-4-7-20)21-18-19(8-9-22(21)26)10-17-27-16-5-15-25;1-5-6-7-10(2)8-9(11-3)12-4/h2-4,6-9,15,18,26H,5,10-14,16-17H2,1H3;9H,5-8H2,1-4H3. The number of rotatable bonds is 15. The van der Waals surface area contributed by atoms with E-state index in [1.807, 2.05) is 18.2 Å². The van der Waals surface area contributed by atoms with Gasteiger partial charge in [-0.05, 0) is 76.6 Å². The summed E-state index contributed by atoms with van der Waals surface area (Å²) >= 11 is 0. The van der Waals surface area contributed by atoms with Crippen molar-refractivity contribution in [2.24, 2.45) is 0 Å². The van der Waals surface area contributed by atoms with Crippen molar-refractivity contribution in [2.45, 2.75) is 57.2 Å². The lowest BCUT2D eigenvalue weighted by atomic mass is 9.67. The number of hydrogen-bond donors (Lipinski definition) is 1. The zero-order valence-electron chi connectivity index (χ0n) is 24.7. The summed E-state index contributed by atoms with van der Waals surface area (Å²) in [4.78, 5) is 15.0. The van der Waals surface area contributed by atoms with Crippen molar-refractivity contribution in [1.82, 2.24) is 9.80 Å². The highest BCUT2D eigenvalue weighted by molar-refractivity contribution is 5.49. The minimum atomic E-state index is -0.160. The number of carbonyl (C=O) groups excluding carboxylic acids is 1.